The molecule has 5 heteroatoms. The zero-order chi connectivity index (χ0) is 9.80. The van der Waals surface area contributed by atoms with Crippen molar-refractivity contribution in [3.8, 4) is 0 Å². The van der Waals surface area contributed by atoms with Crippen LogP contribution >= 0.6 is 34.1 Å². The lowest BCUT2D eigenvalue weighted by Crippen LogP contribution is -1.98. The van der Waals surface area contributed by atoms with Gasteiger partial charge in [0.1, 0.15) is 0 Å². The van der Waals surface area contributed by atoms with Crippen molar-refractivity contribution in [2.45, 2.75) is 6.54 Å². The van der Waals surface area contributed by atoms with E-state index in [4.69, 9.17) is 0 Å². The van der Waals surface area contributed by atoms with Crippen molar-refractivity contribution < 1.29 is 0 Å². The third kappa shape index (κ3) is 2.42. The summed E-state index contributed by atoms with van der Waals surface area (Å²) < 4.78 is 5.03. The Morgan fingerprint density at radius 2 is 2.21 bits per heavy atom. The fraction of sp³-hybridized carbons (Fsp3) is 0.111. The Hall–Kier alpha value is -0.690. The van der Waals surface area contributed by atoms with E-state index in [-0.39, 0.29) is 0 Å². The molecule has 0 saturated heterocycles. The van der Waals surface area contributed by atoms with Crippen molar-refractivity contribution >= 4 is 39.8 Å². The largest absolute Gasteiger partial charge is 0.379 e. The first-order valence-electron chi connectivity index (χ1n) is 4.11. The zero-order valence-corrected chi connectivity index (χ0v) is 10.2. The van der Waals surface area contributed by atoms with E-state index < -0.39 is 0 Å². The highest BCUT2D eigenvalue weighted by molar-refractivity contribution is 14.1. The molecule has 1 heterocycles. The Balaban J connectivity index is 2.02. The van der Waals surface area contributed by atoms with Crippen LogP contribution in [0.1, 0.15) is 4.88 Å². The zero-order valence-electron chi connectivity index (χ0n) is 7.27. The standard InChI is InChI=1S/C9H8IN3S/c10-8-3-1-2-4-9(8)11-5-7-6-12-13-14-7/h1-4,6,11H,5H2. The number of anilines is 1. The van der Waals surface area contributed by atoms with E-state index in [1.807, 2.05) is 12.1 Å². The van der Waals surface area contributed by atoms with Gasteiger partial charge in [-0.3, -0.25) is 0 Å². The second-order valence-electron chi connectivity index (χ2n) is 2.72. The first-order chi connectivity index (χ1) is 6.86. The van der Waals surface area contributed by atoms with Gasteiger partial charge in [0.2, 0.25) is 0 Å². The molecule has 0 aliphatic carbocycles. The molecule has 1 N–H and O–H groups in total. The molecule has 1 aromatic carbocycles. The number of rotatable bonds is 3. The molecule has 14 heavy (non-hydrogen) atoms. The van der Waals surface area contributed by atoms with E-state index in [9.17, 15) is 0 Å². The Morgan fingerprint density at radius 3 is 2.93 bits per heavy atom. The SMILES string of the molecule is Ic1ccccc1NCc1cnns1. The monoisotopic (exact) mass is 317 g/mol. The van der Waals surface area contributed by atoms with Crippen molar-refractivity contribution in [3.63, 3.8) is 0 Å². The lowest BCUT2D eigenvalue weighted by atomic mass is 10.3. The number of halogens is 1. The predicted octanol–water partition coefficient (Wildman–Crippen LogP) is 2.75. The summed E-state index contributed by atoms with van der Waals surface area (Å²) in [5, 5.41) is 7.12. The fourth-order valence-electron chi connectivity index (χ4n) is 1.05. The summed E-state index contributed by atoms with van der Waals surface area (Å²) in [6.45, 7) is 0.789. The first kappa shape index (κ1) is 9.85. The van der Waals surface area contributed by atoms with Crippen LogP contribution in [-0.4, -0.2) is 9.59 Å². The van der Waals surface area contributed by atoms with Crippen LogP contribution in [0.4, 0.5) is 5.69 Å². The van der Waals surface area contributed by atoms with E-state index in [2.05, 4.69) is 49.6 Å². The van der Waals surface area contributed by atoms with Gasteiger partial charge in [-0.15, -0.1) is 5.10 Å². The molecule has 1 aromatic heterocycles. The number of aromatic nitrogens is 2. The van der Waals surface area contributed by atoms with E-state index >= 15 is 0 Å². The molecule has 0 fully saturated rings. The maximum absolute atomic E-state index is 3.81. The van der Waals surface area contributed by atoms with Gasteiger partial charge in [0.05, 0.1) is 17.6 Å². The molecule has 0 bridgehead atoms. The van der Waals surface area contributed by atoms with Crippen LogP contribution in [0.3, 0.4) is 0 Å². The Labute approximate surface area is 99.9 Å². The molecule has 0 unspecified atom stereocenters. The predicted molar refractivity (Wildman–Crippen MR) is 66.4 cm³/mol. The van der Waals surface area contributed by atoms with Crippen LogP contribution in [0.2, 0.25) is 0 Å². The molecule has 0 aliphatic heterocycles. The molecule has 0 spiro atoms. The van der Waals surface area contributed by atoms with Crippen molar-refractivity contribution in [2.24, 2.45) is 0 Å². The summed E-state index contributed by atoms with van der Waals surface area (Å²) in [4.78, 5) is 1.14. The molecule has 72 valence electrons. The molecule has 3 nitrogen and oxygen atoms in total. The van der Waals surface area contributed by atoms with Crippen LogP contribution in [0.15, 0.2) is 30.5 Å². The second-order valence-corrected chi connectivity index (χ2v) is 4.75. The molecule has 0 radical (unpaired) electrons. The van der Waals surface area contributed by atoms with Gasteiger partial charge in [-0.1, -0.05) is 16.6 Å². The van der Waals surface area contributed by atoms with Crippen molar-refractivity contribution in [1.82, 2.24) is 9.59 Å². The van der Waals surface area contributed by atoms with Crippen LogP contribution < -0.4 is 5.32 Å². The van der Waals surface area contributed by atoms with Gasteiger partial charge in [-0.2, -0.15) is 0 Å². The molecular weight excluding hydrogens is 309 g/mol. The van der Waals surface area contributed by atoms with Crippen LogP contribution in [0, 0.1) is 3.57 Å². The highest BCUT2D eigenvalue weighted by Gasteiger charge is 1.98. The van der Waals surface area contributed by atoms with Gasteiger partial charge in [0.15, 0.2) is 0 Å². The van der Waals surface area contributed by atoms with Crippen molar-refractivity contribution in [3.05, 3.63) is 38.9 Å². The minimum Gasteiger partial charge on any atom is -0.379 e. The summed E-state index contributed by atoms with van der Waals surface area (Å²) in [5.41, 5.74) is 1.15. The van der Waals surface area contributed by atoms with Gasteiger partial charge in [-0.05, 0) is 46.3 Å². The average Bonchev–Trinajstić information content (AvgIpc) is 2.69. The fourth-order valence-corrected chi connectivity index (χ4v) is 2.06. The normalized spacial score (nSPS) is 10.1. The summed E-state index contributed by atoms with van der Waals surface area (Å²) in [5.74, 6) is 0. The average molecular weight is 317 g/mol. The molecule has 0 amide bonds. The highest BCUT2D eigenvalue weighted by atomic mass is 127. The third-order valence-electron chi connectivity index (χ3n) is 1.73. The highest BCUT2D eigenvalue weighted by Crippen LogP contribution is 2.18. The summed E-state index contributed by atoms with van der Waals surface area (Å²) >= 11 is 3.73. The van der Waals surface area contributed by atoms with Gasteiger partial charge < -0.3 is 5.32 Å². The second kappa shape index (κ2) is 4.70. The number of benzene rings is 1. The van der Waals surface area contributed by atoms with E-state index in [1.54, 1.807) is 6.20 Å². The first-order valence-corrected chi connectivity index (χ1v) is 5.96. The Bertz CT molecular complexity index is 402. The topological polar surface area (TPSA) is 37.8 Å². The summed E-state index contributed by atoms with van der Waals surface area (Å²) in [7, 11) is 0. The van der Waals surface area contributed by atoms with Crippen molar-refractivity contribution in [2.75, 3.05) is 5.32 Å². The van der Waals surface area contributed by atoms with Crippen LogP contribution in [0.25, 0.3) is 0 Å². The van der Waals surface area contributed by atoms with Gasteiger partial charge in [0.25, 0.3) is 0 Å². The van der Waals surface area contributed by atoms with Gasteiger partial charge >= 0.3 is 0 Å². The summed E-state index contributed by atoms with van der Waals surface area (Å²) in [6.07, 6.45) is 1.79. The molecule has 2 rings (SSSR count). The molecule has 0 aliphatic rings. The molecule has 0 atom stereocenters. The minimum atomic E-state index is 0.789. The third-order valence-corrected chi connectivity index (χ3v) is 3.33. The summed E-state index contributed by atoms with van der Waals surface area (Å²) in [6, 6.07) is 8.20. The van der Waals surface area contributed by atoms with E-state index in [0.29, 0.717) is 0 Å². The molecular formula is C9H8IN3S. The van der Waals surface area contributed by atoms with E-state index in [1.165, 1.54) is 15.1 Å². The number of hydrogen-bond donors (Lipinski definition) is 1. The van der Waals surface area contributed by atoms with Crippen molar-refractivity contribution in [1.29, 1.82) is 0 Å². The minimum absolute atomic E-state index is 0.789. The number of nitrogens with one attached hydrogen (secondary N) is 1. The number of hydrogen-bond acceptors (Lipinski definition) is 4. The maximum atomic E-state index is 3.81. The quantitative estimate of drug-likeness (QED) is 0.885. The van der Waals surface area contributed by atoms with E-state index in [0.717, 1.165) is 17.1 Å². The Morgan fingerprint density at radius 1 is 1.36 bits per heavy atom. The number of nitrogens with zero attached hydrogens (tertiary/aromatic N) is 2. The smallest absolute Gasteiger partial charge is 0.0671 e. The number of para-hydroxylation sites is 1. The van der Waals surface area contributed by atoms with Gasteiger partial charge in [-0.25, -0.2) is 0 Å². The van der Waals surface area contributed by atoms with Gasteiger partial charge in [0, 0.05) is 9.26 Å². The molecule has 2 aromatic rings. The molecule has 0 saturated carbocycles. The maximum Gasteiger partial charge on any atom is 0.0671 e. The van der Waals surface area contributed by atoms with Crippen LogP contribution in [0.5, 0.6) is 0 Å². The lowest BCUT2D eigenvalue weighted by molar-refractivity contribution is 1.12. The Kier molecular flexibility index (Phi) is 3.30. The lowest BCUT2D eigenvalue weighted by Gasteiger charge is -2.05. The van der Waals surface area contributed by atoms with Crippen LogP contribution in [-0.2, 0) is 6.54 Å².